The van der Waals surface area contributed by atoms with E-state index in [1.807, 2.05) is 12.2 Å². The van der Waals surface area contributed by atoms with E-state index in [4.69, 9.17) is 18.6 Å². The van der Waals surface area contributed by atoms with Gasteiger partial charge in [-0.3, -0.25) is 0 Å². The van der Waals surface area contributed by atoms with Crippen LogP contribution >= 0.6 is 0 Å². The second kappa shape index (κ2) is 11.5. The number of pyridine rings is 2. The van der Waals surface area contributed by atoms with Gasteiger partial charge in [-0.25, -0.2) is 18.6 Å². The van der Waals surface area contributed by atoms with Crippen LogP contribution in [0.25, 0.3) is 34.5 Å². The van der Waals surface area contributed by atoms with Crippen molar-refractivity contribution in [2.45, 2.75) is 27.7 Å². The molecule has 8 heteroatoms. The highest BCUT2D eigenvalue weighted by atomic mass is 35.7. The van der Waals surface area contributed by atoms with Crippen LogP contribution in [0.2, 0.25) is 0 Å². The largest absolute Gasteiger partial charge is 0.378 e. The average Bonchev–Trinajstić information content (AvgIpc) is 3.32. The molecule has 0 radical (unpaired) electrons. The van der Waals surface area contributed by atoms with Crippen LogP contribution in [0.15, 0.2) is 79.7 Å². The molecule has 0 saturated carbocycles. The third kappa shape index (κ3) is 5.91. The summed E-state index contributed by atoms with van der Waals surface area (Å²) in [6, 6.07) is 17.6. The lowest BCUT2D eigenvalue weighted by molar-refractivity contribution is -2.00. The third-order valence-electron chi connectivity index (χ3n) is 7.65. The summed E-state index contributed by atoms with van der Waals surface area (Å²) in [5.74, 6) is 0. The van der Waals surface area contributed by atoms with Gasteiger partial charge in [-0.2, -0.15) is 4.57 Å². The Bertz CT molecular complexity index is 1720. The third-order valence-corrected chi connectivity index (χ3v) is 7.65. The monoisotopic (exact) mass is 571 g/mol. The Kier molecular flexibility index (Phi) is 8.40. The molecule has 4 heterocycles. The maximum atomic E-state index is 8.49. The molecule has 0 fully saturated rings. The van der Waals surface area contributed by atoms with Gasteiger partial charge >= 0.3 is 0 Å². The van der Waals surface area contributed by atoms with Crippen LogP contribution in [0.5, 0.6) is 0 Å². The summed E-state index contributed by atoms with van der Waals surface area (Å²) in [6.07, 6.45) is 8.24. The van der Waals surface area contributed by atoms with Crippen LogP contribution in [0.4, 0.5) is 5.69 Å². The molecule has 0 saturated heterocycles. The summed E-state index contributed by atoms with van der Waals surface area (Å²) >= 11 is 0. The zero-order valence-electron chi connectivity index (χ0n) is 24.2. The Morgan fingerprint density at radius 1 is 0.805 bits per heavy atom. The van der Waals surface area contributed by atoms with Crippen molar-refractivity contribution in [1.82, 2.24) is 4.40 Å². The predicted molar refractivity (Wildman–Crippen MR) is 155 cm³/mol. The second-order valence-electron chi connectivity index (χ2n) is 10.2. The van der Waals surface area contributed by atoms with Gasteiger partial charge in [0.15, 0.2) is 6.20 Å². The molecular formula is C33H34ClN3O4. The fourth-order valence-electron chi connectivity index (χ4n) is 5.29. The van der Waals surface area contributed by atoms with E-state index in [0.29, 0.717) is 0 Å². The maximum Gasteiger partial charge on any atom is 0.224 e. The molecule has 0 spiro atoms. The fraction of sp³-hybridized carbons (Fsp3) is 0.182. The number of benzene rings is 1. The van der Waals surface area contributed by atoms with Gasteiger partial charge in [0, 0.05) is 54.3 Å². The molecule has 212 valence electrons. The van der Waals surface area contributed by atoms with Gasteiger partial charge < -0.3 is 9.30 Å². The molecule has 0 bridgehead atoms. The molecule has 0 aliphatic carbocycles. The minimum Gasteiger partial charge on any atom is -0.378 e. The first-order valence-electron chi connectivity index (χ1n) is 13.0. The number of halogens is 1. The molecule has 5 rings (SSSR count). The number of allylic oxidation sites excluding steroid dienone is 3. The van der Waals surface area contributed by atoms with Gasteiger partial charge in [-0.15, -0.1) is 10.2 Å². The lowest BCUT2D eigenvalue weighted by Gasteiger charge is -2.17. The normalized spacial score (nSPS) is 14.0. The highest BCUT2D eigenvalue weighted by Gasteiger charge is 2.35. The minimum atomic E-state index is -4.94. The van der Waals surface area contributed by atoms with Crippen molar-refractivity contribution in [3.8, 4) is 0 Å². The Labute approximate surface area is 243 Å². The number of aromatic nitrogens is 2. The summed E-state index contributed by atoms with van der Waals surface area (Å²) in [5.41, 5.74) is 15.8. The molecule has 1 aliphatic rings. The van der Waals surface area contributed by atoms with Crippen molar-refractivity contribution in [1.29, 1.82) is 0 Å². The number of nitrogens with zero attached hydrogens (tertiary/aromatic N) is 3. The van der Waals surface area contributed by atoms with Crippen LogP contribution in [-0.2, 0) is 0 Å². The van der Waals surface area contributed by atoms with Crippen molar-refractivity contribution in [2.75, 3.05) is 19.0 Å². The molecule has 1 aromatic carbocycles. The number of aryl methyl sites for hydroxylation is 1. The van der Waals surface area contributed by atoms with Crippen LogP contribution in [0, 0.1) is 24.1 Å². The SMILES string of the molecule is C=Cc1ccc2c(C)c(C)c(C(=C3C(C)=C(C)c4ccc(C=C)c[n+]43)c3ccc(N(C)C)cc3)n2c1.[O-][Cl+3]([O-])([O-])[O-]. The maximum absolute atomic E-state index is 8.49. The van der Waals surface area contributed by atoms with Crippen molar-refractivity contribution >= 4 is 40.2 Å². The van der Waals surface area contributed by atoms with Gasteiger partial charge in [0.25, 0.3) is 0 Å². The van der Waals surface area contributed by atoms with E-state index in [-0.39, 0.29) is 0 Å². The average molecular weight is 572 g/mol. The Balaban J connectivity index is 0.000000714. The van der Waals surface area contributed by atoms with E-state index in [1.54, 1.807) is 0 Å². The number of hydrogen-bond acceptors (Lipinski definition) is 5. The number of hydrogen-bond donors (Lipinski definition) is 0. The smallest absolute Gasteiger partial charge is 0.224 e. The van der Waals surface area contributed by atoms with Crippen molar-refractivity contribution in [3.63, 3.8) is 0 Å². The van der Waals surface area contributed by atoms with Crippen LogP contribution < -0.4 is 28.1 Å². The molecule has 7 nitrogen and oxygen atoms in total. The standard InChI is InChI=1S/C33H34N3.ClHO4/c1-9-25-11-17-29-21(3)23(5)32(35(29)19-25)31(27-13-15-28(16-14-27)34(7)8)33-24(6)22(4)30-18-12-26(10-2)20-36(30)33;2-1(3,4)5/h9-20H,1-2H2,3-8H3;(H,2,3,4,5)/q+1;/p-1. The molecule has 1 aliphatic heterocycles. The Morgan fingerprint density at radius 2 is 1.39 bits per heavy atom. The first-order chi connectivity index (χ1) is 19.3. The zero-order valence-corrected chi connectivity index (χ0v) is 25.0. The summed E-state index contributed by atoms with van der Waals surface area (Å²) in [6.45, 7) is 17.0. The molecule has 4 aromatic rings. The summed E-state index contributed by atoms with van der Waals surface area (Å²) in [5, 5.41) is 0. The summed E-state index contributed by atoms with van der Waals surface area (Å²) in [7, 11) is -0.787. The Hall–Kier alpha value is -3.98. The van der Waals surface area contributed by atoms with Crippen LogP contribution in [-0.4, -0.2) is 18.5 Å². The molecule has 41 heavy (non-hydrogen) atoms. The van der Waals surface area contributed by atoms with Gasteiger partial charge in [-0.05, 0) is 74.2 Å². The van der Waals surface area contributed by atoms with Crippen molar-refractivity contribution in [2.24, 2.45) is 0 Å². The second-order valence-corrected chi connectivity index (χ2v) is 11.0. The molecule has 0 atom stereocenters. The first kappa shape index (κ1) is 30.0. The van der Waals surface area contributed by atoms with Gasteiger partial charge in [0.05, 0.1) is 11.3 Å². The minimum absolute atomic E-state index is 1.10. The summed E-state index contributed by atoms with van der Waals surface area (Å²) < 4.78 is 38.7. The lowest BCUT2D eigenvalue weighted by atomic mass is 9.94. The molecule has 0 N–H and O–H groups in total. The quantitative estimate of drug-likeness (QED) is 0.343. The van der Waals surface area contributed by atoms with Gasteiger partial charge in [0.2, 0.25) is 11.4 Å². The molecule has 0 unspecified atom stereocenters. The number of anilines is 1. The van der Waals surface area contributed by atoms with Crippen LogP contribution in [0.3, 0.4) is 0 Å². The highest BCUT2D eigenvalue weighted by molar-refractivity contribution is 6.00. The fourth-order valence-corrected chi connectivity index (χ4v) is 5.29. The number of fused-ring (bicyclic) bond motifs is 2. The zero-order chi connectivity index (χ0) is 30.2. The van der Waals surface area contributed by atoms with Gasteiger partial charge in [0.1, 0.15) is 0 Å². The predicted octanol–water partition coefficient (Wildman–Crippen LogP) is 2.66. The van der Waals surface area contributed by atoms with E-state index < -0.39 is 10.2 Å². The van der Waals surface area contributed by atoms with Crippen molar-refractivity contribution in [3.05, 3.63) is 119 Å². The van der Waals surface area contributed by atoms with E-state index in [0.717, 1.165) is 11.1 Å². The Morgan fingerprint density at radius 3 is 1.95 bits per heavy atom. The van der Waals surface area contributed by atoms with Gasteiger partial charge in [-0.1, -0.05) is 43.5 Å². The van der Waals surface area contributed by atoms with E-state index in [1.165, 1.54) is 61.7 Å². The first-order valence-corrected chi connectivity index (χ1v) is 14.2. The highest BCUT2D eigenvalue weighted by Crippen LogP contribution is 2.40. The topological polar surface area (TPSA) is 104 Å². The molecule has 3 aromatic heterocycles. The van der Waals surface area contributed by atoms with Crippen LogP contribution in [0.1, 0.15) is 53.1 Å². The van der Waals surface area contributed by atoms with E-state index >= 15 is 0 Å². The van der Waals surface area contributed by atoms with Crippen molar-refractivity contribution < 1.29 is 33.4 Å². The van der Waals surface area contributed by atoms with E-state index in [2.05, 4.69) is 130 Å². The summed E-state index contributed by atoms with van der Waals surface area (Å²) in [4.78, 5) is 2.14. The molecule has 0 amide bonds. The molecular weight excluding hydrogens is 538 g/mol. The lowest BCUT2D eigenvalue weighted by Crippen LogP contribution is -2.68. The van der Waals surface area contributed by atoms with E-state index in [9.17, 15) is 0 Å². The number of rotatable bonds is 5.